The second kappa shape index (κ2) is 18.9. The molecular weight excluding hydrogens is 1040 g/mol. The summed E-state index contributed by atoms with van der Waals surface area (Å²) in [5.41, 5.74) is 15.2. The maximum absolute atomic E-state index is 12.8. The fraction of sp³-hybridized carbons (Fsp3) is 0.219. The Kier molecular flexibility index (Phi) is 13.0. The molecule has 0 saturated carbocycles. The van der Waals surface area contributed by atoms with Crippen molar-refractivity contribution in [2.24, 2.45) is 0 Å². The van der Waals surface area contributed by atoms with Gasteiger partial charge in [-0.15, -0.1) is 48.0 Å². The van der Waals surface area contributed by atoms with E-state index in [9.17, 15) is 4.39 Å². The van der Waals surface area contributed by atoms with Gasteiger partial charge in [0.2, 0.25) is 0 Å². The Hall–Kier alpha value is -6.72. The van der Waals surface area contributed by atoms with Crippen molar-refractivity contribution < 1.29 is 28.9 Å². The molecule has 0 aliphatic heterocycles. The number of furan rings is 1. The summed E-state index contributed by atoms with van der Waals surface area (Å²) >= 11 is 0. The van der Waals surface area contributed by atoms with E-state index in [1.807, 2.05) is 18.2 Å². The van der Waals surface area contributed by atoms with Crippen LogP contribution >= 0.6 is 0 Å². The summed E-state index contributed by atoms with van der Waals surface area (Å²) in [6, 6.07) is 59.0. The van der Waals surface area contributed by atoms with E-state index in [1.54, 1.807) is 12.3 Å². The summed E-state index contributed by atoms with van der Waals surface area (Å²) in [4.78, 5) is 9.66. The van der Waals surface area contributed by atoms with Gasteiger partial charge in [-0.3, -0.25) is 9.37 Å². The first-order valence-corrected chi connectivity index (χ1v) is 24.1. The molecule has 0 spiro atoms. The number of para-hydroxylation sites is 2. The molecular formula is C64H58FIrN3O-2. The standard InChI is InChI=1S/C49H43N2O.C15H15FN.Ir/c1-29(2)39-26-34(31-21-23-35(24-22-31)49(5,6)7)27-40(30(3)4)46(39)51-44-18-11-10-17-43(44)50-48(51)38-16-12-15-37-42-25-33-20-19-32-13-8-9-14-36(32)41(33)28-45(42)52-47(37)38;1-15(2,3)12-8-9-17-14(10-12)11-4-6-13(16)7-5-11;/h8-15,17-30H,1-7H3;4,6-10H,1-3H3;/q2*-1;. The summed E-state index contributed by atoms with van der Waals surface area (Å²) in [6.07, 6.45) is 1.78. The Balaban J connectivity index is 0.000000286. The van der Waals surface area contributed by atoms with Gasteiger partial charge in [0.05, 0.1) is 22.4 Å². The van der Waals surface area contributed by atoms with E-state index in [1.165, 1.54) is 72.7 Å². The van der Waals surface area contributed by atoms with Gasteiger partial charge < -0.3 is 14.0 Å². The molecule has 0 atom stereocenters. The largest absolute Gasteiger partial charge is 0.501 e. The molecule has 11 rings (SSSR count). The monoisotopic (exact) mass is 1100 g/mol. The summed E-state index contributed by atoms with van der Waals surface area (Å²) in [7, 11) is 0. The third-order valence-corrected chi connectivity index (χ3v) is 13.5. The van der Waals surface area contributed by atoms with Crippen LogP contribution in [0.3, 0.4) is 0 Å². The van der Waals surface area contributed by atoms with Crippen molar-refractivity contribution in [3.8, 4) is 39.5 Å². The van der Waals surface area contributed by atoms with E-state index >= 15 is 0 Å². The Bertz CT molecular complexity index is 3670. The van der Waals surface area contributed by atoms with E-state index in [-0.39, 0.29) is 48.6 Å². The maximum atomic E-state index is 12.8. The zero-order valence-electron chi connectivity index (χ0n) is 41.6. The molecule has 4 nitrogen and oxygen atoms in total. The Morgan fingerprint density at radius 3 is 1.97 bits per heavy atom. The number of rotatable bonds is 6. The van der Waals surface area contributed by atoms with Gasteiger partial charge >= 0.3 is 0 Å². The van der Waals surface area contributed by atoms with Crippen molar-refractivity contribution in [2.45, 2.75) is 91.9 Å². The minimum Gasteiger partial charge on any atom is -0.501 e. The van der Waals surface area contributed by atoms with Crippen LogP contribution in [-0.2, 0) is 30.9 Å². The molecule has 3 heterocycles. The van der Waals surface area contributed by atoms with Crippen LogP contribution in [0.5, 0.6) is 0 Å². The number of imidazole rings is 1. The van der Waals surface area contributed by atoms with Gasteiger partial charge in [0.1, 0.15) is 5.58 Å². The van der Waals surface area contributed by atoms with Gasteiger partial charge in [-0.2, -0.15) is 0 Å². The molecule has 8 aromatic carbocycles. The molecule has 0 fully saturated rings. The van der Waals surface area contributed by atoms with Crippen LogP contribution < -0.4 is 0 Å². The zero-order chi connectivity index (χ0) is 48.4. The number of fused-ring (bicyclic) bond motifs is 7. The van der Waals surface area contributed by atoms with Gasteiger partial charge in [-0.05, 0) is 126 Å². The number of hydrogen-bond donors (Lipinski definition) is 0. The van der Waals surface area contributed by atoms with Crippen molar-refractivity contribution >= 4 is 54.5 Å². The van der Waals surface area contributed by atoms with Crippen LogP contribution in [0, 0.1) is 17.9 Å². The number of aromatic nitrogens is 3. The van der Waals surface area contributed by atoms with Crippen molar-refractivity contribution in [1.82, 2.24) is 14.5 Å². The summed E-state index contributed by atoms with van der Waals surface area (Å²) < 4.78 is 22.1. The normalized spacial score (nSPS) is 12.1. The zero-order valence-corrected chi connectivity index (χ0v) is 44.0. The van der Waals surface area contributed by atoms with E-state index in [2.05, 4.69) is 206 Å². The van der Waals surface area contributed by atoms with E-state index in [0.717, 1.165) is 55.6 Å². The second-order valence-electron chi connectivity index (χ2n) is 21.1. The van der Waals surface area contributed by atoms with E-state index in [0.29, 0.717) is 0 Å². The maximum Gasteiger partial charge on any atom is 0.121 e. The fourth-order valence-electron chi connectivity index (χ4n) is 9.59. The van der Waals surface area contributed by atoms with E-state index in [4.69, 9.17) is 9.40 Å². The Labute approximate surface area is 425 Å². The number of nitrogens with zero attached hydrogens (tertiary/aromatic N) is 3. The molecule has 3 aromatic heterocycles. The SMILES string of the molecule is CC(C)(C)c1ccnc(-c2[c-]cc(F)cc2)c1.CC(C)c1cc(-c2ccc(C(C)(C)C)cc2)cc(C(C)C)c1-n1c(-c2[c-]ccc3c2oc2cc4c(ccc5ccccc54)cc23)nc2ccccc21.[Ir]. The Morgan fingerprint density at radius 2 is 1.29 bits per heavy atom. The van der Waals surface area contributed by atoms with Crippen LogP contribution in [0.25, 0.3) is 94.0 Å². The van der Waals surface area contributed by atoms with Gasteiger partial charge in [-0.25, -0.2) is 0 Å². The molecule has 0 unspecified atom stereocenters. The van der Waals surface area contributed by atoms with E-state index < -0.39 is 0 Å². The molecule has 1 radical (unpaired) electrons. The van der Waals surface area contributed by atoms with Gasteiger partial charge in [-0.1, -0.05) is 159 Å². The molecule has 0 amide bonds. The molecule has 0 bridgehead atoms. The first-order chi connectivity index (χ1) is 33.0. The summed E-state index contributed by atoms with van der Waals surface area (Å²) in [6.45, 7) is 22.5. The van der Waals surface area contributed by atoms with Crippen molar-refractivity contribution in [2.75, 3.05) is 0 Å². The molecule has 0 aliphatic carbocycles. The van der Waals surface area contributed by atoms with Gasteiger partial charge in [0.25, 0.3) is 0 Å². The minimum absolute atomic E-state index is 0. The van der Waals surface area contributed by atoms with Gasteiger partial charge in [0, 0.05) is 43.2 Å². The van der Waals surface area contributed by atoms with Crippen LogP contribution in [0.15, 0.2) is 162 Å². The third-order valence-electron chi connectivity index (χ3n) is 13.5. The number of benzene rings is 8. The molecule has 0 aliphatic rings. The van der Waals surface area contributed by atoms with Crippen LogP contribution in [0.1, 0.15) is 103 Å². The van der Waals surface area contributed by atoms with Crippen LogP contribution in [0.2, 0.25) is 0 Å². The quantitative estimate of drug-likeness (QED) is 0.123. The van der Waals surface area contributed by atoms with Crippen LogP contribution in [-0.4, -0.2) is 14.5 Å². The number of pyridine rings is 1. The number of halogens is 1. The molecule has 6 heteroatoms. The van der Waals surface area contributed by atoms with Gasteiger partial charge in [0.15, 0.2) is 0 Å². The average molecular weight is 1100 g/mol. The molecule has 11 aromatic rings. The molecule has 353 valence electrons. The Morgan fingerprint density at radius 1 is 0.600 bits per heavy atom. The molecule has 0 N–H and O–H groups in total. The van der Waals surface area contributed by atoms with Crippen LogP contribution in [0.4, 0.5) is 4.39 Å². The first kappa shape index (κ1) is 48.3. The van der Waals surface area contributed by atoms with Crippen molar-refractivity contribution in [3.05, 3.63) is 198 Å². The smallest absolute Gasteiger partial charge is 0.121 e. The topological polar surface area (TPSA) is 43.9 Å². The number of hydrogen-bond acceptors (Lipinski definition) is 3. The predicted molar refractivity (Wildman–Crippen MR) is 287 cm³/mol. The average Bonchev–Trinajstić information content (AvgIpc) is 3.91. The predicted octanol–water partition coefficient (Wildman–Crippen LogP) is 17.9. The van der Waals surface area contributed by atoms with Crippen molar-refractivity contribution in [1.29, 1.82) is 0 Å². The minimum atomic E-state index is -0.277. The summed E-state index contributed by atoms with van der Waals surface area (Å²) in [5, 5.41) is 7.02. The second-order valence-corrected chi connectivity index (χ2v) is 21.1. The molecule has 70 heavy (non-hydrogen) atoms. The third kappa shape index (κ3) is 9.12. The molecule has 0 saturated heterocycles. The summed E-state index contributed by atoms with van der Waals surface area (Å²) in [5.74, 6) is 1.10. The first-order valence-electron chi connectivity index (χ1n) is 24.1. The fourth-order valence-corrected chi connectivity index (χ4v) is 9.59. The van der Waals surface area contributed by atoms with Crippen molar-refractivity contribution in [3.63, 3.8) is 0 Å².